The third kappa shape index (κ3) is 4.56. The molecule has 0 radical (unpaired) electrons. The molecule has 0 saturated heterocycles. The van der Waals surface area contributed by atoms with Crippen molar-refractivity contribution in [2.45, 2.75) is 6.29 Å². The minimum Gasteiger partial charge on any atom is -0.345 e. The smallest absolute Gasteiger partial charge is 0.345 e. The number of hydrogen-bond acceptors (Lipinski definition) is 5. The van der Waals surface area contributed by atoms with Crippen LogP contribution in [0.25, 0.3) is 10.8 Å². The van der Waals surface area contributed by atoms with Gasteiger partial charge in [0.2, 0.25) is 0 Å². The third-order valence-electron chi connectivity index (χ3n) is 2.63. The maximum Gasteiger partial charge on any atom is 0.698 e. The predicted molar refractivity (Wildman–Crippen MR) is 85.8 cm³/mol. The molecule has 2 rings (SSSR count). The number of anilines is 1. The largest absolute Gasteiger partial charge is 0.698 e. The van der Waals surface area contributed by atoms with Gasteiger partial charge in [-0.15, -0.1) is 9.79 Å². The lowest BCUT2D eigenvalue weighted by atomic mass is 10.1. The molecule has 0 spiro atoms. The van der Waals surface area contributed by atoms with E-state index < -0.39 is 22.8 Å². The first kappa shape index (κ1) is 17.0. The molecule has 0 saturated carbocycles. The second kappa shape index (κ2) is 7.76. The Kier molecular flexibility index (Phi) is 5.99. The van der Waals surface area contributed by atoms with Crippen molar-refractivity contribution in [3.63, 3.8) is 0 Å². The predicted octanol–water partition coefficient (Wildman–Crippen LogP) is 3.24. The van der Waals surface area contributed by atoms with Gasteiger partial charge in [-0.25, -0.2) is 0 Å². The molecule has 10 heteroatoms. The highest BCUT2D eigenvalue weighted by atomic mass is 32.1. The van der Waals surface area contributed by atoms with Crippen molar-refractivity contribution in [3.05, 3.63) is 42.5 Å². The van der Waals surface area contributed by atoms with Gasteiger partial charge in [-0.3, -0.25) is 0 Å². The van der Waals surface area contributed by atoms with Crippen LogP contribution in [0, 0.1) is 0 Å². The molecule has 0 aromatic heterocycles. The molecule has 2 aromatic carbocycles. The van der Waals surface area contributed by atoms with Gasteiger partial charge in [-0.1, -0.05) is 57.7 Å². The highest BCUT2D eigenvalue weighted by Gasteiger charge is 2.36. The van der Waals surface area contributed by atoms with Crippen LogP contribution in [0.1, 0.15) is 0 Å². The fraction of sp³-hybridized carbons (Fsp3) is 0.0833. The van der Waals surface area contributed by atoms with E-state index in [0.717, 1.165) is 10.8 Å². The first-order valence-corrected chi connectivity index (χ1v) is 8.58. The molecule has 7 nitrogen and oxygen atoms in total. The summed E-state index contributed by atoms with van der Waals surface area (Å²) in [6, 6.07) is 12.9. The van der Waals surface area contributed by atoms with Crippen LogP contribution in [0.5, 0.6) is 0 Å². The molecule has 3 N–H and O–H groups in total. The number of benzene rings is 2. The third-order valence-corrected chi connectivity index (χ3v) is 3.67. The van der Waals surface area contributed by atoms with Crippen LogP contribution in [0.15, 0.2) is 42.5 Å². The van der Waals surface area contributed by atoms with Crippen LogP contribution in [-0.4, -0.2) is 21.1 Å². The highest BCUT2D eigenvalue weighted by Crippen LogP contribution is 2.29. The van der Waals surface area contributed by atoms with Crippen LogP contribution in [0.4, 0.5) is 5.69 Å². The van der Waals surface area contributed by atoms with Crippen molar-refractivity contribution in [1.82, 2.24) is 0 Å². The molecule has 22 heavy (non-hydrogen) atoms. The van der Waals surface area contributed by atoms with E-state index in [2.05, 4.69) is 14.4 Å². The van der Waals surface area contributed by atoms with E-state index >= 15 is 0 Å². The highest BCUT2D eigenvalue weighted by molar-refractivity contribution is 7.80. The molecule has 0 aliphatic rings. The van der Waals surface area contributed by atoms with Crippen LogP contribution < -0.4 is 5.32 Å². The summed E-state index contributed by atoms with van der Waals surface area (Å²) in [5.41, 5.74) is 0.613. The molecule has 0 fully saturated rings. The number of fused-ring (bicyclic) bond motifs is 1. The maximum atomic E-state index is 10.7. The van der Waals surface area contributed by atoms with Crippen molar-refractivity contribution in [2.24, 2.45) is 0 Å². The molecule has 2 aromatic rings. The molecule has 0 heterocycles. The second-order valence-corrected chi connectivity index (χ2v) is 5.85. The summed E-state index contributed by atoms with van der Waals surface area (Å²) >= 11 is 5.02. The minimum atomic E-state index is -3.05. The fourth-order valence-corrected chi connectivity index (χ4v) is 2.85. The van der Waals surface area contributed by atoms with E-state index in [0.29, 0.717) is 5.69 Å². The minimum absolute atomic E-state index is 0.147. The van der Waals surface area contributed by atoms with E-state index in [4.69, 9.17) is 22.0 Å². The van der Waals surface area contributed by atoms with Crippen LogP contribution in [0.3, 0.4) is 0 Å². The Morgan fingerprint density at radius 1 is 1.05 bits per heavy atom. The van der Waals surface area contributed by atoms with Crippen molar-refractivity contribution in [1.29, 1.82) is 0 Å². The van der Waals surface area contributed by atoms with Crippen molar-refractivity contribution < 1.29 is 28.0 Å². The zero-order valence-corrected chi connectivity index (χ0v) is 13.6. The number of hydrogen-bond donors (Lipinski definition) is 3. The zero-order chi connectivity index (χ0) is 16.1. The Balaban J connectivity index is 2.24. The van der Waals surface area contributed by atoms with Crippen molar-refractivity contribution >= 4 is 50.2 Å². The lowest BCUT2D eigenvalue weighted by molar-refractivity contribution is 0.0604. The Hall–Kier alpha value is -1.37. The van der Waals surface area contributed by atoms with Gasteiger partial charge >= 0.3 is 22.8 Å². The number of rotatable bonds is 6. The van der Waals surface area contributed by atoms with Gasteiger partial charge in [0.25, 0.3) is 0 Å². The fourth-order valence-electron chi connectivity index (χ4n) is 1.80. The summed E-state index contributed by atoms with van der Waals surface area (Å²) < 4.78 is 30.5. The molecule has 2 unspecified atom stereocenters. The zero-order valence-electron chi connectivity index (χ0n) is 10.9. The topological polar surface area (TPSA) is 105 Å². The van der Waals surface area contributed by atoms with E-state index in [1.165, 1.54) is 0 Å². The SMILES string of the molecule is O=[P+](O)OC(O[P+](=O)O)C(=S)Nc1cccc2ccccc12. The van der Waals surface area contributed by atoms with Gasteiger partial charge in [0, 0.05) is 20.2 Å². The Morgan fingerprint density at radius 3 is 2.27 bits per heavy atom. The second-order valence-electron chi connectivity index (χ2n) is 4.03. The molecular formula is C12H11NO6P2S+2. The van der Waals surface area contributed by atoms with Gasteiger partial charge < -0.3 is 5.32 Å². The lowest BCUT2D eigenvalue weighted by Gasteiger charge is -2.11. The first-order valence-electron chi connectivity index (χ1n) is 5.92. The summed E-state index contributed by atoms with van der Waals surface area (Å²) in [6.07, 6.45) is -1.61. The Bertz CT molecular complexity index is 719. The van der Waals surface area contributed by atoms with E-state index in [1.54, 1.807) is 12.1 Å². The van der Waals surface area contributed by atoms with Gasteiger partial charge in [-0.05, 0) is 11.5 Å². The van der Waals surface area contributed by atoms with Crippen molar-refractivity contribution in [3.8, 4) is 0 Å². The number of nitrogens with one attached hydrogen (secondary N) is 1. The maximum absolute atomic E-state index is 10.7. The Morgan fingerprint density at radius 2 is 1.64 bits per heavy atom. The summed E-state index contributed by atoms with van der Waals surface area (Å²) in [4.78, 5) is 17.4. The average molecular weight is 359 g/mol. The van der Waals surface area contributed by atoms with Gasteiger partial charge in [0.15, 0.2) is 0 Å². The van der Waals surface area contributed by atoms with E-state index in [9.17, 15) is 9.13 Å². The van der Waals surface area contributed by atoms with Crippen LogP contribution in [-0.2, 0) is 18.2 Å². The summed E-state index contributed by atoms with van der Waals surface area (Å²) in [5, 5.41) is 4.61. The molecule has 2 atom stereocenters. The quantitative estimate of drug-likeness (QED) is 0.410. The molecule has 0 aliphatic carbocycles. The molecular weight excluding hydrogens is 348 g/mol. The van der Waals surface area contributed by atoms with Gasteiger partial charge in [0.1, 0.15) is 4.99 Å². The molecule has 0 aliphatic heterocycles. The van der Waals surface area contributed by atoms with E-state index in [1.807, 2.05) is 30.3 Å². The van der Waals surface area contributed by atoms with Crippen LogP contribution >= 0.6 is 28.7 Å². The standard InChI is InChI=1S/C12H9NO6P2S/c14-20(15)18-12(19-21(16)17)11(22)13-10-7-3-5-8-4-1-2-6-9(8)10/h1-7,12H,(H-2,13,14,15,16,17,22)/p+2. The summed E-state index contributed by atoms with van der Waals surface area (Å²) in [7, 11) is -6.11. The number of thiocarbonyl (C=S) groups is 1. The van der Waals surface area contributed by atoms with Crippen molar-refractivity contribution in [2.75, 3.05) is 5.32 Å². The summed E-state index contributed by atoms with van der Waals surface area (Å²) in [6.45, 7) is 0. The molecule has 0 bridgehead atoms. The lowest BCUT2D eigenvalue weighted by Crippen LogP contribution is -2.28. The molecule has 0 amide bonds. The monoisotopic (exact) mass is 359 g/mol. The molecule has 114 valence electrons. The summed E-state index contributed by atoms with van der Waals surface area (Å²) in [5.74, 6) is 0. The van der Waals surface area contributed by atoms with Crippen LogP contribution in [0.2, 0.25) is 0 Å². The normalized spacial score (nSPS) is 13.5. The van der Waals surface area contributed by atoms with Gasteiger partial charge in [0.05, 0.1) is 0 Å². The van der Waals surface area contributed by atoms with Gasteiger partial charge in [-0.2, -0.15) is 0 Å². The Labute approximate surface area is 132 Å². The van der Waals surface area contributed by atoms with E-state index in [-0.39, 0.29) is 4.99 Å². The first-order chi connectivity index (χ1) is 10.5. The average Bonchev–Trinajstić information content (AvgIpc) is 2.46.